The van der Waals surface area contributed by atoms with E-state index in [-0.39, 0.29) is 6.61 Å². The largest absolute Gasteiger partial charge is 0.491 e. The van der Waals surface area contributed by atoms with E-state index in [1.165, 1.54) is 0 Å². The Balaban J connectivity index is 2.34. The fourth-order valence-electron chi connectivity index (χ4n) is 1.35. The standard InChI is InChI=1S/C13H18F3NO3/c1-9(13(14,15)16)19-7-11(18)8-20-12-4-2-3-10(5-12)6-17/h2-5,9,11,18H,6-8,17H2,1H3. The van der Waals surface area contributed by atoms with E-state index in [0.29, 0.717) is 12.3 Å². The molecule has 0 heterocycles. The molecule has 0 amide bonds. The lowest BCUT2D eigenvalue weighted by Gasteiger charge is -2.19. The fourth-order valence-corrected chi connectivity index (χ4v) is 1.35. The van der Waals surface area contributed by atoms with Gasteiger partial charge in [-0.2, -0.15) is 13.2 Å². The van der Waals surface area contributed by atoms with Crippen LogP contribution in [0.25, 0.3) is 0 Å². The number of aliphatic hydroxyl groups excluding tert-OH is 1. The average molecular weight is 293 g/mol. The number of aliphatic hydroxyl groups is 1. The smallest absolute Gasteiger partial charge is 0.414 e. The van der Waals surface area contributed by atoms with Crippen LogP contribution in [0.3, 0.4) is 0 Å². The lowest BCUT2D eigenvalue weighted by molar-refractivity contribution is -0.219. The van der Waals surface area contributed by atoms with E-state index in [2.05, 4.69) is 4.74 Å². The second-order valence-electron chi connectivity index (χ2n) is 4.33. The summed E-state index contributed by atoms with van der Waals surface area (Å²) in [4.78, 5) is 0. The van der Waals surface area contributed by atoms with Crippen molar-refractivity contribution in [1.82, 2.24) is 0 Å². The Hall–Kier alpha value is -1.31. The minimum Gasteiger partial charge on any atom is -0.491 e. The summed E-state index contributed by atoms with van der Waals surface area (Å²) in [5.74, 6) is 0.496. The van der Waals surface area contributed by atoms with Crippen LogP contribution in [0.2, 0.25) is 0 Å². The van der Waals surface area contributed by atoms with Crippen LogP contribution in [0.15, 0.2) is 24.3 Å². The van der Waals surface area contributed by atoms with E-state index >= 15 is 0 Å². The molecular formula is C13H18F3NO3. The summed E-state index contributed by atoms with van der Waals surface area (Å²) in [5.41, 5.74) is 6.33. The summed E-state index contributed by atoms with van der Waals surface area (Å²) in [6.07, 6.45) is -7.49. The molecule has 1 aromatic carbocycles. The topological polar surface area (TPSA) is 64.7 Å². The molecule has 3 N–H and O–H groups in total. The zero-order valence-corrected chi connectivity index (χ0v) is 11.1. The first-order chi connectivity index (χ1) is 9.32. The predicted octanol–water partition coefficient (Wildman–Crippen LogP) is 1.85. The molecule has 7 heteroatoms. The van der Waals surface area contributed by atoms with E-state index in [1.54, 1.807) is 18.2 Å². The second-order valence-corrected chi connectivity index (χ2v) is 4.33. The van der Waals surface area contributed by atoms with Crippen LogP contribution in [0, 0.1) is 0 Å². The van der Waals surface area contributed by atoms with Gasteiger partial charge in [-0.25, -0.2) is 0 Å². The van der Waals surface area contributed by atoms with Gasteiger partial charge in [0, 0.05) is 6.54 Å². The summed E-state index contributed by atoms with van der Waals surface area (Å²) in [5, 5.41) is 9.51. The summed E-state index contributed by atoms with van der Waals surface area (Å²) in [7, 11) is 0. The molecule has 114 valence electrons. The molecule has 2 unspecified atom stereocenters. The van der Waals surface area contributed by atoms with Crippen molar-refractivity contribution in [3.63, 3.8) is 0 Å². The second kappa shape index (κ2) is 7.47. The quantitative estimate of drug-likeness (QED) is 0.805. The Kier molecular flexibility index (Phi) is 6.25. The Bertz CT molecular complexity index is 412. The van der Waals surface area contributed by atoms with Gasteiger partial charge in [-0.1, -0.05) is 12.1 Å². The van der Waals surface area contributed by atoms with Gasteiger partial charge in [0.2, 0.25) is 0 Å². The predicted molar refractivity (Wildman–Crippen MR) is 67.3 cm³/mol. The van der Waals surface area contributed by atoms with Gasteiger partial charge >= 0.3 is 6.18 Å². The maximum Gasteiger partial charge on any atom is 0.414 e. The number of hydrogen-bond acceptors (Lipinski definition) is 4. The molecule has 0 saturated carbocycles. The van der Waals surface area contributed by atoms with Crippen molar-refractivity contribution >= 4 is 0 Å². The van der Waals surface area contributed by atoms with Gasteiger partial charge < -0.3 is 20.3 Å². The first-order valence-electron chi connectivity index (χ1n) is 6.11. The lowest BCUT2D eigenvalue weighted by atomic mass is 10.2. The molecule has 0 aliphatic carbocycles. The number of hydrogen-bond donors (Lipinski definition) is 2. The van der Waals surface area contributed by atoms with Gasteiger partial charge in [0.1, 0.15) is 18.5 Å². The van der Waals surface area contributed by atoms with Crippen molar-refractivity contribution in [3.05, 3.63) is 29.8 Å². The SMILES string of the molecule is CC(OCC(O)COc1cccc(CN)c1)C(F)(F)F. The number of ether oxygens (including phenoxy) is 2. The zero-order valence-electron chi connectivity index (χ0n) is 11.1. The van der Waals surface area contributed by atoms with E-state index in [0.717, 1.165) is 12.5 Å². The molecule has 20 heavy (non-hydrogen) atoms. The average Bonchev–Trinajstić information content (AvgIpc) is 2.41. The minimum absolute atomic E-state index is 0.154. The number of alkyl halides is 3. The molecule has 0 aromatic heterocycles. The van der Waals surface area contributed by atoms with Crippen LogP contribution in [-0.2, 0) is 11.3 Å². The first-order valence-corrected chi connectivity index (χ1v) is 6.11. The zero-order chi connectivity index (χ0) is 15.2. The molecule has 0 bridgehead atoms. The molecular weight excluding hydrogens is 275 g/mol. The van der Waals surface area contributed by atoms with Crippen LogP contribution in [-0.4, -0.2) is 36.7 Å². The molecule has 0 saturated heterocycles. The highest BCUT2D eigenvalue weighted by Crippen LogP contribution is 2.22. The highest BCUT2D eigenvalue weighted by Gasteiger charge is 2.37. The molecule has 1 aromatic rings. The molecule has 0 aliphatic heterocycles. The van der Waals surface area contributed by atoms with Crippen molar-refractivity contribution in [2.45, 2.75) is 31.9 Å². The maximum absolute atomic E-state index is 12.2. The number of nitrogens with two attached hydrogens (primary N) is 1. The normalized spacial score (nSPS) is 14.9. The third-order valence-electron chi connectivity index (χ3n) is 2.58. The Labute approximate surface area is 115 Å². The van der Waals surface area contributed by atoms with Crippen LogP contribution in [0.5, 0.6) is 5.75 Å². The highest BCUT2D eigenvalue weighted by molar-refractivity contribution is 5.28. The van der Waals surface area contributed by atoms with Crippen molar-refractivity contribution in [1.29, 1.82) is 0 Å². The lowest BCUT2D eigenvalue weighted by Crippen LogP contribution is -2.33. The summed E-state index contributed by atoms with van der Waals surface area (Å²) < 4.78 is 46.3. The molecule has 0 aliphatic rings. The van der Waals surface area contributed by atoms with Gasteiger partial charge in [-0.3, -0.25) is 0 Å². The number of rotatable bonds is 7. The summed E-state index contributed by atoms with van der Waals surface area (Å²) >= 11 is 0. The fraction of sp³-hybridized carbons (Fsp3) is 0.538. The molecule has 0 spiro atoms. The molecule has 0 radical (unpaired) electrons. The molecule has 0 fully saturated rings. The van der Waals surface area contributed by atoms with Crippen LogP contribution >= 0.6 is 0 Å². The monoisotopic (exact) mass is 293 g/mol. The van der Waals surface area contributed by atoms with Gasteiger partial charge in [-0.15, -0.1) is 0 Å². The van der Waals surface area contributed by atoms with Gasteiger partial charge in [0.05, 0.1) is 6.61 Å². The van der Waals surface area contributed by atoms with Crippen molar-refractivity contribution in [3.8, 4) is 5.75 Å². The molecule has 4 nitrogen and oxygen atoms in total. The maximum atomic E-state index is 12.2. The summed E-state index contributed by atoms with van der Waals surface area (Å²) in [6, 6.07) is 6.93. The molecule has 2 atom stereocenters. The van der Waals surface area contributed by atoms with E-state index < -0.39 is 25.0 Å². The Morgan fingerprint density at radius 1 is 1.30 bits per heavy atom. The van der Waals surface area contributed by atoms with E-state index in [4.69, 9.17) is 10.5 Å². The minimum atomic E-state index is -4.43. The van der Waals surface area contributed by atoms with Crippen LogP contribution in [0.4, 0.5) is 13.2 Å². The summed E-state index contributed by atoms with van der Waals surface area (Å²) in [6.45, 7) is 0.639. The Morgan fingerprint density at radius 3 is 2.60 bits per heavy atom. The first kappa shape index (κ1) is 16.7. The van der Waals surface area contributed by atoms with Crippen LogP contribution < -0.4 is 10.5 Å². The highest BCUT2D eigenvalue weighted by atomic mass is 19.4. The third-order valence-corrected chi connectivity index (χ3v) is 2.58. The van der Waals surface area contributed by atoms with E-state index in [9.17, 15) is 18.3 Å². The van der Waals surface area contributed by atoms with Crippen molar-refractivity contribution in [2.75, 3.05) is 13.2 Å². The third kappa shape index (κ3) is 5.77. The molecule has 1 rings (SSSR count). The van der Waals surface area contributed by atoms with Crippen molar-refractivity contribution < 1.29 is 27.8 Å². The Morgan fingerprint density at radius 2 is 2.00 bits per heavy atom. The van der Waals surface area contributed by atoms with Crippen molar-refractivity contribution in [2.24, 2.45) is 5.73 Å². The number of halogens is 3. The van der Waals surface area contributed by atoms with Crippen LogP contribution in [0.1, 0.15) is 12.5 Å². The van der Waals surface area contributed by atoms with E-state index in [1.807, 2.05) is 6.07 Å². The van der Waals surface area contributed by atoms with Gasteiger partial charge in [-0.05, 0) is 24.6 Å². The van der Waals surface area contributed by atoms with Gasteiger partial charge in [0.25, 0.3) is 0 Å². The van der Waals surface area contributed by atoms with Gasteiger partial charge in [0.15, 0.2) is 6.10 Å². The number of benzene rings is 1.